The second kappa shape index (κ2) is 6.09. The molecule has 0 amide bonds. The summed E-state index contributed by atoms with van der Waals surface area (Å²) in [5.74, 6) is 0.811. The third-order valence-corrected chi connectivity index (χ3v) is 3.38. The van der Waals surface area contributed by atoms with E-state index in [9.17, 15) is 5.11 Å². The highest BCUT2D eigenvalue weighted by atomic mass is 16.5. The first kappa shape index (κ1) is 14.6. The molecule has 2 rings (SSSR count). The van der Waals surface area contributed by atoms with Gasteiger partial charge in [0.1, 0.15) is 5.75 Å². The maximum atomic E-state index is 10.4. The van der Waals surface area contributed by atoms with Crippen molar-refractivity contribution in [2.45, 2.75) is 39.3 Å². The standard InChI is InChI=1S/C16H22N2O2/c1-11(2)18-10-14(9-17-18)15(19)8-13-7-12(3)5-6-16(13)20-4/h5-7,9-11,15,19H,8H2,1-4H3. The zero-order valence-corrected chi connectivity index (χ0v) is 12.5. The summed E-state index contributed by atoms with van der Waals surface area (Å²) >= 11 is 0. The van der Waals surface area contributed by atoms with Crippen molar-refractivity contribution in [1.29, 1.82) is 0 Å². The van der Waals surface area contributed by atoms with E-state index in [1.807, 2.05) is 29.9 Å². The highest BCUT2D eigenvalue weighted by Crippen LogP contribution is 2.26. The van der Waals surface area contributed by atoms with E-state index in [2.05, 4.69) is 25.0 Å². The SMILES string of the molecule is COc1ccc(C)cc1CC(O)c1cnn(C(C)C)c1. The van der Waals surface area contributed by atoms with Gasteiger partial charge in [-0.3, -0.25) is 4.68 Å². The van der Waals surface area contributed by atoms with Crippen molar-refractivity contribution < 1.29 is 9.84 Å². The minimum absolute atomic E-state index is 0.296. The van der Waals surface area contributed by atoms with Crippen molar-refractivity contribution in [2.24, 2.45) is 0 Å². The summed E-state index contributed by atoms with van der Waals surface area (Å²) < 4.78 is 7.20. The molecule has 0 radical (unpaired) electrons. The highest BCUT2D eigenvalue weighted by Gasteiger charge is 2.14. The summed E-state index contributed by atoms with van der Waals surface area (Å²) in [6.45, 7) is 6.16. The number of aryl methyl sites for hydroxylation is 1. The molecule has 1 N–H and O–H groups in total. The molecule has 2 aromatic rings. The molecule has 20 heavy (non-hydrogen) atoms. The van der Waals surface area contributed by atoms with Crippen LogP contribution in [0, 0.1) is 6.92 Å². The van der Waals surface area contributed by atoms with E-state index in [-0.39, 0.29) is 0 Å². The lowest BCUT2D eigenvalue weighted by atomic mass is 10.0. The number of ether oxygens (including phenoxy) is 1. The van der Waals surface area contributed by atoms with Crippen molar-refractivity contribution in [2.75, 3.05) is 7.11 Å². The topological polar surface area (TPSA) is 47.3 Å². The predicted octanol–water partition coefficient (Wildman–Crippen LogP) is 3.06. The average Bonchev–Trinajstić information content (AvgIpc) is 2.89. The number of aliphatic hydroxyl groups is 1. The van der Waals surface area contributed by atoms with Crippen LogP contribution in [0.2, 0.25) is 0 Å². The summed E-state index contributed by atoms with van der Waals surface area (Å²) in [6, 6.07) is 6.29. The highest BCUT2D eigenvalue weighted by molar-refractivity contribution is 5.37. The average molecular weight is 274 g/mol. The largest absolute Gasteiger partial charge is 0.496 e. The molecule has 0 aliphatic heterocycles. The van der Waals surface area contributed by atoms with Gasteiger partial charge in [0.25, 0.3) is 0 Å². The number of benzene rings is 1. The van der Waals surface area contributed by atoms with Gasteiger partial charge in [0.15, 0.2) is 0 Å². The lowest BCUT2D eigenvalue weighted by Gasteiger charge is -2.13. The molecule has 1 unspecified atom stereocenters. The molecule has 1 atom stereocenters. The van der Waals surface area contributed by atoms with Crippen LogP contribution >= 0.6 is 0 Å². The molecule has 1 aromatic heterocycles. The minimum atomic E-state index is -0.571. The Balaban J connectivity index is 2.18. The molecule has 0 fully saturated rings. The number of nitrogens with zero attached hydrogens (tertiary/aromatic N) is 2. The molecular weight excluding hydrogens is 252 g/mol. The lowest BCUT2D eigenvalue weighted by Crippen LogP contribution is -2.04. The van der Waals surface area contributed by atoms with Gasteiger partial charge < -0.3 is 9.84 Å². The summed E-state index contributed by atoms with van der Waals surface area (Å²) in [5, 5.41) is 14.6. The van der Waals surface area contributed by atoms with Crippen LogP contribution in [0.15, 0.2) is 30.6 Å². The smallest absolute Gasteiger partial charge is 0.122 e. The molecule has 0 aliphatic carbocycles. The van der Waals surface area contributed by atoms with Crippen molar-refractivity contribution in [3.63, 3.8) is 0 Å². The molecular formula is C16H22N2O2. The number of hydrogen-bond acceptors (Lipinski definition) is 3. The molecule has 0 aliphatic rings. The van der Waals surface area contributed by atoms with Gasteiger partial charge in [0.05, 0.1) is 19.4 Å². The van der Waals surface area contributed by atoms with Gasteiger partial charge >= 0.3 is 0 Å². The van der Waals surface area contributed by atoms with Gasteiger partial charge in [-0.15, -0.1) is 0 Å². The Hall–Kier alpha value is -1.81. The van der Waals surface area contributed by atoms with Crippen LogP contribution in [0.3, 0.4) is 0 Å². The Morgan fingerprint density at radius 3 is 2.70 bits per heavy atom. The molecule has 4 heteroatoms. The van der Waals surface area contributed by atoms with Gasteiger partial charge in [-0.05, 0) is 32.4 Å². The fraction of sp³-hybridized carbons (Fsp3) is 0.438. The van der Waals surface area contributed by atoms with Crippen LogP contribution in [-0.4, -0.2) is 22.0 Å². The van der Waals surface area contributed by atoms with Crippen molar-refractivity contribution >= 4 is 0 Å². The number of rotatable bonds is 5. The van der Waals surface area contributed by atoms with Gasteiger partial charge in [-0.2, -0.15) is 5.10 Å². The molecule has 0 saturated carbocycles. The number of methoxy groups -OCH3 is 1. The van der Waals surface area contributed by atoms with E-state index in [1.54, 1.807) is 13.3 Å². The molecule has 0 bridgehead atoms. The van der Waals surface area contributed by atoms with Crippen molar-refractivity contribution in [3.05, 3.63) is 47.3 Å². The normalized spacial score (nSPS) is 12.7. The predicted molar refractivity (Wildman–Crippen MR) is 79.0 cm³/mol. The Kier molecular flexibility index (Phi) is 4.45. The van der Waals surface area contributed by atoms with Gasteiger partial charge in [0, 0.05) is 24.2 Å². The number of aliphatic hydroxyl groups excluding tert-OH is 1. The van der Waals surface area contributed by atoms with Gasteiger partial charge in [0.2, 0.25) is 0 Å². The fourth-order valence-electron chi connectivity index (χ4n) is 2.20. The van der Waals surface area contributed by atoms with E-state index >= 15 is 0 Å². The Labute approximate surface area is 120 Å². The fourth-order valence-corrected chi connectivity index (χ4v) is 2.20. The first-order valence-electron chi connectivity index (χ1n) is 6.87. The molecule has 0 saturated heterocycles. The van der Waals surface area contributed by atoms with E-state index < -0.39 is 6.10 Å². The minimum Gasteiger partial charge on any atom is -0.496 e. The quantitative estimate of drug-likeness (QED) is 0.911. The zero-order valence-electron chi connectivity index (χ0n) is 12.5. The summed E-state index contributed by atoms with van der Waals surface area (Å²) in [5.41, 5.74) is 3.01. The van der Waals surface area contributed by atoms with Gasteiger partial charge in [-0.25, -0.2) is 0 Å². The summed E-state index contributed by atoms with van der Waals surface area (Å²) in [4.78, 5) is 0. The molecule has 0 spiro atoms. The van der Waals surface area contributed by atoms with E-state index in [1.165, 1.54) is 0 Å². The lowest BCUT2D eigenvalue weighted by molar-refractivity contribution is 0.177. The van der Waals surface area contributed by atoms with Crippen LogP contribution < -0.4 is 4.74 Å². The maximum absolute atomic E-state index is 10.4. The zero-order chi connectivity index (χ0) is 14.7. The third kappa shape index (κ3) is 3.20. The number of aromatic nitrogens is 2. The second-order valence-electron chi connectivity index (χ2n) is 5.38. The van der Waals surface area contributed by atoms with Crippen LogP contribution in [-0.2, 0) is 6.42 Å². The molecule has 1 heterocycles. The summed E-state index contributed by atoms with van der Waals surface area (Å²) in [6.07, 6.45) is 3.58. The van der Waals surface area contributed by atoms with Crippen LogP contribution in [0.4, 0.5) is 0 Å². The van der Waals surface area contributed by atoms with Crippen molar-refractivity contribution in [1.82, 2.24) is 9.78 Å². The van der Waals surface area contributed by atoms with E-state index in [4.69, 9.17) is 4.74 Å². The van der Waals surface area contributed by atoms with Crippen LogP contribution in [0.5, 0.6) is 5.75 Å². The Morgan fingerprint density at radius 2 is 2.10 bits per heavy atom. The van der Waals surface area contributed by atoms with E-state index in [0.29, 0.717) is 12.5 Å². The summed E-state index contributed by atoms with van der Waals surface area (Å²) in [7, 11) is 1.65. The Morgan fingerprint density at radius 1 is 1.35 bits per heavy atom. The van der Waals surface area contributed by atoms with Crippen LogP contribution in [0.1, 0.15) is 42.7 Å². The maximum Gasteiger partial charge on any atom is 0.122 e. The first-order valence-corrected chi connectivity index (χ1v) is 6.87. The van der Waals surface area contributed by atoms with Crippen molar-refractivity contribution in [3.8, 4) is 5.75 Å². The van der Waals surface area contributed by atoms with Gasteiger partial charge in [-0.1, -0.05) is 17.7 Å². The van der Waals surface area contributed by atoms with Crippen LogP contribution in [0.25, 0.3) is 0 Å². The third-order valence-electron chi connectivity index (χ3n) is 3.38. The molecule has 1 aromatic carbocycles. The molecule has 108 valence electrons. The molecule has 4 nitrogen and oxygen atoms in total. The first-order chi connectivity index (χ1) is 9.51. The monoisotopic (exact) mass is 274 g/mol. The number of hydrogen-bond donors (Lipinski definition) is 1. The van der Waals surface area contributed by atoms with E-state index in [0.717, 1.165) is 22.4 Å². The Bertz CT molecular complexity index is 576. The second-order valence-corrected chi connectivity index (χ2v) is 5.38.